The Balaban J connectivity index is 1.28. The van der Waals surface area contributed by atoms with Gasteiger partial charge in [-0.15, -0.1) is 5.10 Å². The molecule has 1 fully saturated rings. The second kappa shape index (κ2) is 11.7. The lowest BCUT2D eigenvalue weighted by molar-refractivity contribution is 0.156. The van der Waals surface area contributed by atoms with Crippen molar-refractivity contribution < 1.29 is 8.78 Å². The third-order valence-electron chi connectivity index (χ3n) is 8.29. The Kier molecular flexibility index (Phi) is 8.16. The summed E-state index contributed by atoms with van der Waals surface area (Å²) in [5.74, 6) is -1.20. The predicted octanol–water partition coefficient (Wildman–Crippen LogP) is 5.92. The van der Waals surface area contributed by atoms with Gasteiger partial charge in [0.25, 0.3) is 0 Å². The molecule has 1 aromatic carbocycles. The Morgan fingerprint density at radius 1 is 1.21 bits per heavy atom. The summed E-state index contributed by atoms with van der Waals surface area (Å²) in [6.45, 7) is 9.52. The van der Waals surface area contributed by atoms with E-state index in [2.05, 4.69) is 51.4 Å². The van der Waals surface area contributed by atoms with Gasteiger partial charge in [-0.1, -0.05) is 43.4 Å². The average molecular weight is 534 g/mol. The summed E-state index contributed by atoms with van der Waals surface area (Å²) in [4.78, 5) is 4.37. The third kappa shape index (κ3) is 5.93. The maximum atomic E-state index is 14.2. The van der Waals surface area contributed by atoms with E-state index < -0.39 is 17.7 Å². The molecule has 0 saturated carbocycles. The molecule has 9 heteroatoms. The molecule has 0 spiro atoms. The van der Waals surface area contributed by atoms with Crippen LogP contribution in [0.15, 0.2) is 65.7 Å². The van der Waals surface area contributed by atoms with Crippen molar-refractivity contribution in [1.29, 1.82) is 0 Å². The maximum Gasteiger partial charge on any atom is 0.159 e. The van der Waals surface area contributed by atoms with Crippen LogP contribution < -0.4 is 0 Å². The zero-order chi connectivity index (χ0) is 27.4. The van der Waals surface area contributed by atoms with Crippen LogP contribution in [0.1, 0.15) is 75.2 Å². The number of fused-ring (bicyclic) bond motifs is 1. The van der Waals surface area contributed by atoms with Gasteiger partial charge in [-0.05, 0) is 92.3 Å². The molecule has 0 N–H and O–H groups in total. The van der Waals surface area contributed by atoms with Gasteiger partial charge >= 0.3 is 0 Å². The van der Waals surface area contributed by atoms with E-state index in [0.717, 1.165) is 57.3 Å². The average Bonchev–Trinajstić information content (AvgIpc) is 3.64. The fourth-order valence-corrected chi connectivity index (χ4v) is 5.77. The van der Waals surface area contributed by atoms with Crippen LogP contribution >= 0.6 is 0 Å². The molecule has 0 amide bonds. The van der Waals surface area contributed by atoms with E-state index in [1.54, 1.807) is 27.9 Å². The quantitative estimate of drug-likeness (QED) is 0.320. The topological polar surface area (TPSA) is 64.1 Å². The normalized spacial score (nSPS) is 19.4. The summed E-state index contributed by atoms with van der Waals surface area (Å²) in [5.41, 5.74) is 4.16. The lowest BCUT2D eigenvalue weighted by Gasteiger charge is -2.37. The first-order valence-electron chi connectivity index (χ1n) is 13.9. The third-order valence-corrected chi connectivity index (χ3v) is 8.29. The maximum absolute atomic E-state index is 14.2. The van der Waals surface area contributed by atoms with Crippen LogP contribution in [0.3, 0.4) is 0 Å². The number of aromatic nitrogens is 5. The first-order valence-corrected chi connectivity index (χ1v) is 13.9. The lowest BCUT2D eigenvalue weighted by Crippen LogP contribution is -2.40. The molecular weight excluding hydrogens is 496 g/mol. The van der Waals surface area contributed by atoms with E-state index in [9.17, 15) is 8.78 Å². The number of hydrogen-bond acceptors (Lipinski definition) is 5. The number of hydrogen-bond donors (Lipinski definition) is 0. The Morgan fingerprint density at radius 2 is 2.03 bits per heavy atom. The smallest absolute Gasteiger partial charge is 0.159 e. The van der Waals surface area contributed by atoms with Gasteiger partial charge in [0.05, 0.1) is 18.1 Å². The minimum atomic E-state index is -0.872. The van der Waals surface area contributed by atoms with Gasteiger partial charge in [-0.3, -0.25) is 0 Å². The molecule has 2 aliphatic heterocycles. The van der Waals surface area contributed by atoms with Crippen molar-refractivity contribution in [1.82, 2.24) is 29.8 Å². The van der Waals surface area contributed by atoms with Crippen LogP contribution in [0.2, 0.25) is 0 Å². The SMILES string of the molecule is C/C=C(\C=C/C(C)(CC)CN1CCC(c2cnn3c2CCC=N3)CC1)C(c1ccc(F)c(F)c1)n1ccnn1. The van der Waals surface area contributed by atoms with E-state index in [1.165, 1.54) is 23.4 Å². The van der Waals surface area contributed by atoms with Crippen molar-refractivity contribution in [3.8, 4) is 0 Å². The minimum Gasteiger partial charge on any atom is -0.302 e. The highest BCUT2D eigenvalue weighted by Gasteiger charge is 2.29. The molecule has 2 atom stereocenters. The lowest BCUT2D eigenvalue weighted by atomic mass is 9.83. The van der Waals surface area contributed by atoms with Gasteiger partial charge in [0.1, 0.15) is 6.04 Å². The molecule has 4 heterocycles. The first kappa shape index (κ1) is 27.1. The van der Waals surface area contributed by atoms with E-state index in [4.69, 9.17) is 0 Å². The summed E-state index contributed by atoms with van der Waals surface area (Å²) < 4.78 is 29.5. The largest absolute Gasteiger partial charge is 0.302 e. The number of likely N-dealkylation sites (tertiary alicyclic amines) is 1. The van der Waals surface area contributed by atoms with Crippen LogP contribution in [0.5, 0.6) is 0 Å². The molecule has 2 unspecified atom stereocenters. The van der Waals surface area contributed by atoms with Crippen molar-refractivity contribution in [2.24, 2.45) is 10.5 Å². The number of piperidine rings is 1. The molecule has 7 nitrogen and oxygen atoms in total. The van der Waals surface area contributed by atoms with Crippen molar-refractivity contribution >= 4 is 6.21 Å². The van der Waals surface area contributed by atoms with Crippen LogP contribution in [0.25, 0.3) is 0 Å². The number of halogens is 2. The van der Waals surface area contributed by atoms with Gasteiger partial charge in [0.15, 0.2) is 11.6 Å². The van der Waals surface area contributed by atoms with Crippen molar-refractivity contribution in [2.45, 2.75) is 64.8 Å². The molecule has 206 valence electrons. The number of allylic oxidation sites excluding steroid dienone is 3. The molecule has 3 aromatic rings. The van der Waals surface area contributed by atoms with E-state index in [-0.39, 0.29) is 5.41 Å². The summed E-state index contributed by atoms with van der Waals surface area (Å²) >= 11 is 0. The second-order valence-electron chi connectivity index (χ2n) is 10.9. The molecule has 5 rings (SSSR count). The fraction of sp³-hybridized carbons (Fsp3) is 0.467. The highest BCUT2D eigenvalue weighted by molar-refractivity contribution is 5.59. The summed E-state index contributed by atoms with van der Waals surface area (Å²) in [5, 5.41) is 17.0. The molecule has 2 aliphatic rings. The summed E-state index contributed by atoms with van der Waals surface area (Å²) in [6.07, 6.45) is 18.9. The zero-order valence-electron chi connectivity index (χ0n) is 23.0. The van der Waals surface area contributed by atoms with E-state index >= 15 is 0 Å². The molecule has 2 aromatic heterocycles. The molecule has 1 saturated heterocycles. The van der Waals surface area contributed by atoms with Crippen LogP contribution in [0, 0.1) is 17.0 Å². The highest BCUT2D eigenvalue weighted by atomic mass is 19.2. The van der Waals surface area contributed by atoms with Crippen LogP contribution in [0.4, 0.5) is 8.78 Å². The Morgan fingerprint density at radius 3 is 2.72 bits per heavy atom. The zero-order valence-corrected chi connectivity index (χ0v) is 23.0. The molecule has 0 radical (unpaired) electrons. The Hall–Kier alpha value is -3.46. The number of benzene rings is 1. The monoisotopic (exact) mass is 533 g/mol. The summed E-state index contributed by atoms with van der Waals surface area (Å²) in [7, 11) is 0. The van der Waals surface area contributed by atoms with Gasteiger partial charge in [0, 0.05) is 19.0 Å². The fourth-order valence-electron chi connectivity index (χ4n) is 5.77. The van der Waals surface area contributed by atoms with E-state index in [0.29, 0.717) is 11.5 Å². The van der Waals surface area contributed by atoms with E-state index in [1.807, 2.05) is 25.4 Å². The van der Waals surface area contributed by atoms with Gasteiger partial charge in [-0.25, -0.2) is 13.5 Å². The Labute approximate surface area is 228 Å². The highest BCUT2D eigenvalue weighted by Crippen LogP contribution is 2.35. The van der Waals surface area contributed by atoms with Crippen LogP contribution in [-0.4, -0.2) is 55.6 Å². The number of rotatable bonds is 9. The molecule has 0 bridgehead atoms. The van der Waals surface area contributed by atoms with Gasteiger partial charge < -0.3 is 4.90 Å². The Bertz CT molecular complexity index is 1350. The molecule has 0 aliphatic carbocycles. The number of nitrogens with zero attached hydrogens (tertiary/aromatic N) is 7. The first-order chi connectivity index (χ1) is 18.9. The van der Waals surface area contributed by atoms with Gasteiger partial charge in [0.2, 0.25) is 0 Å². The predicted molar refractivity (Wildman–Crippen MR) is 149 cm³/mol. The van der Waals surface area contributed by atoms with Crippen LogP contribution in [-0.2, 0) is 6.42 Å². The molecule has 39 heavy (non-hydrogen) atoms. The van der Waals surface area contributed by atoms with Crippen molar-refractivity contribution in [3.63, 3.8) is 0 Å². The van der Waals surface area contributed by atoms with Gasteiger partial charge in [-0.2, -0.15) is 15.0 Å². The van der Waals surface area contributed by atoms with Crippen molar-refractivity contribution in [3.05, 3.63) is 89.0 Å². The standard InChI is InChI=1S/C30H37F2N7/c1-4-22(29(38-18-15-33-36-38)24-8-9-26(31)27(32)19-24)10-13-30(3,5-2)21-37-16-11-23(12-17-37)25-20-35-39-28(25)7-6-14-34-39/h4,8-10,13-15,18-20,23,29H,5-7,11-12,16-17,21H2,1-3H3/b13-10-,22-4+. The summed E-state index contributed by atoms with van der Waals surface area (Å²) in [6, 6.07) is 3.60. The van der Waals surface area contributed by atoms with Crippen molar-refractivity contribution in [2.75, 3.05) is 19.6 Å². The molecular formula is C30H37F2N7. The minimum absolute atomic E-state index is 0.0480. The second-order valence-corrected chi connectivity index (χ2v) is 10.9.